The van der Waals surface area contributed by atoms with Crippen molar-refractivity contribution in [3.8, 4) is 0 Å². The van der Waals surface area contributed by atoms with Crippen LogP contribution < -0.4 is 5.32 Å². The fourth-order valence-electron chi connectivity index (χ4n) is 2.64. The summed E-state index contributed by atoms with van der Waals surface area (Å²) in [6.45, 7) is 1.74. The van der Waals surface area contributed by atoms with Crippen molar-refractivity contribution in [1.82, 2.24) is 5.32 Å². The van der Waals surface area contributed by atoms with Gasteiger partial charge in [-0.15, -0.1) is 0 Å². The highest BCUT2D eigenvalue weighted by molar-refractivity contribution is 4.85. The van der Waals surface area contributed by atoms with Gasteiger partial charge in [0, 0.05) is 25.3 Å². The normalized spacial score (nSPS) is 24.8. The minimum Gasteiger partial charge on any atom is -0.348 e. The molecule has 18 heavy (non-hydrogen) atoms. The fraction of sp³-hybridized carbons (Fsp3) is 1.00. The standard InChI is InChI=1S/C12H20F3NO2/c13-12(14,15)4-1-7-16-10-2-5-11(6-3-10)17-8-9-18-11/h10,16H,1-9H2. The molecule has 0 unspecified atom stereocenters. The molecule has 2 aliphatic rings. The summed E-state index contributed by atoms with van der Waals surface area (Å²) in [5.41, 5.74) is 0. The quantitative estimate of drug-likeness (QED) is 0.794. The topological polar surface area (TPSA) is 30.5 Å². The van der Waals surface area contributed by atoms with Crippen LogP contribution in [0.2, 0.25) is 0 Å². The third kappa shape index (κ3) is 4.10. The van der Waals surface area contributed by atoms with Crippen LogP contribution in [0.15, 0.2) is 0 Å². The van der Waals surface area contributed by atoms with Crippen molar-refractivity contribution in [3.63, 3.8) is 0 Å². The van der Waals surface area contributed by atoms with E-state index >= 15 is 0 Å². The first-order valence-electron chi connectivity index (χ1n) is 6.57. The van der Waals surface area contributed by atoms with Crippen molar-refractivity contribution < 1.29 is 22.6 Å². The van der Waals surface area contributed by atoms with Crippen LogP contribution in [0.3, 0.4) is 0 Å². The second-order valence-electron chi connectivity index (χ2n) is 5.05. The van der Waals surface area contributed by atoms with E-state index in [1.165, 1.54) is 0 Å². The smallest absolute Gasteiger partial charge is 0.348 e. The lowest BCUT2D eigenvalue weighted by atomic mass is 9.90. The third-order valence-corrected chi connectivity index (χ3v) is 3.63. The lowest BCUT2D eigenvalue weighted by molar-refractivity contribution is -0.179. The maximum absolute atomic E-state index is 12.0. The summed E-state index contributed by atoms with van der Waals surface area (Å²) in [4.78, 5) is 0. The lowest BCUT2D eigenvalue weighted by Crippen LogP contribution is -2.42. The van der Waals surface area contributed by atoms with E-state index in [0.29, 0.717) is 25.8 Å². The summed E-state index contributed by atoms with van der Waals surface area (Å²) in [6.07, 6.45) is -1.10. The average molecular weight is 267 g/mol. The van der Waals surface area contributed by atoms with E-state index in [0.717, 1.165) is 25.7 Å². The molecular formula is C12H20F3NO2. The van der Waals surface area contributed by atoms with Crippen LogP contribution in [0, 0.1) is 0 Å². The van der Waals surface area contributed by atoms with E-state index < -0.39 is 12.6 Å². The fourth-order valence-corrected chi connectivity index (χ4v) is 2.64. The van der Waals surface area contributed by atoms with Gasteiger partial charge in [-0.1, -0.05) is 0 Å². The molecule has 1 aliphatic carbocycles. The Morgan fingerprint density at radius 1 is 1.11 bits per heavy atom. The van der Waals surface area contributed by atoms with Gasteiger partial charge in [0.2, 0.25) is 0 Å². The summed E-state index contributed by atoms with van der Waals surface area (Å²) in [6, 6.07) is 0.302. The number of rotatable bonds is 4. The number of alkyl halides is 3. The molecule has 0 bridgehead atoms. The molecule has 0 atom stereocenters. The Kier molecular flexibility index (Phi) is 4.50. The highest BCUT2D eigenvalue weighted by Gasteiger charge is 2.40. The molecule has 2 rings (SSSR count). The Morgan fingerprint density at radius 3 is 2.28 bits per heavy atom. The molecule has 0 amide bonds. The van der Waals surface area contributed by atoms with E-state index in [1.807, 2.05) is 0 Å². The number of hydrogen-bond donors (Lipinski definition) is 1. The largest absolute Gasteiger partial charge is 0.389 e. The molecule has 0 aromatic heterocycles. The molecule has 1 N–H and O–H groups in total. The van der Waals surface area contributed by atoms with Gasteiger partial charge in [0.25, 0.3) is 0 Å². The van der Waals surface area contributed by atoms with Crippen LogP contribution in [0.4, 0.5) is 13.2 Å². The Bertz CT molecular complexity index is 255. The van der Waals surface area contributed by atoms with Crippen molar-refractivity contribution in [2.45, 2.75) is 56.5 Å². The van der Waals surface area contributed by atoms with Gasteiger partial charge in [-0.05, 0) is 25.8 Å². The predicted octanol–water partition coefficient (Wildman–Crippen LogP) is 2.60. The van der Waals surface area contributed by atoms with Gasteiger partial charge in [-0.3, -0.25) is 0 Å². The summed E-state index contributed by atoms with van der Waals surface area (Å²) in [5, 5.41) is 3.19. The molecule has 0 aromatic rings. The van der Waals surface area contributed by atoms with Gasteiger partial charge < -0.3 is 14.8 Å². The van der Waals surface area contributed by atoms with E-state index in [2.05, 4.69) is 5.32 Å². The zero-order valence-corrected chi connectivity index (χ0v) is 10.4. The van der Waals surface area contributed by atoms with Crippen LogP contribution in [-0.2, 0) is 9.47 Å². The van der Waals surface area contributed by atoms with Crippen molar-refractivity contribution >= 4 is 0 Å². The SMILES string of the molecule is FC(F)(F)CCCNC1CCC2(CC1)OCCO2. The molecule has 0 radical (unpaired) electrons. The first-order chi connectivity index (χ1) is 8.49. The van der Waals surface area contributed by atoms with Crippen LogP contribution in [0.5, 0.6) is 0 Å². The van der Waals surface area contributed by atoms with Crippen molar-refractivity contribution in [1.29, 1.82) is 0 Å². The van der Waals surface area contributed by atoms with Crippen LogP contribution in [0.1, 0.15) is 38.5 Å². The molecule has 3 nitrogen and oxygen atoms in total. The van der Waals surface area contributed by atoms with Gasteiger partial charge in [0.05, 0.1) is 13.2 Å². The number of halogens is 3. The third-order valence-electron chi connectivity index (χ3n) is 3.63. The highest BCUT2D eigenvalue weighted by Crippen LogP contribution is 2.35. The zero-order valence-electron chi connectivity index (χ0n) is 10.4. The van der Waals surface area contributed by atoms with E-state index in [9.17, 15) is 13.2 Å². The van der Waals surface area contributed by atoms with Gasteiger partial charge in [-0.2, -0.15) is 13.2 Å². The highest BCUT2D eigenvalue weighted by atomic mass is 19.4. The van der Waals surface area contributed by atoms with E-state index in [4.69, 9.17) is 9.47 Å². The molecule has 106 valence electrons. The second kappa shape index (κ2) is 5.75. The molecule has 2 fully saturated rings. The number of ether oxygens (including phenoxy) is 2. The summed E-state index contributed by atoms with van der Waals surface area (Å²) in [5.74, 6) is -0.385. The summed E-state index contributed by atoms with van der Waals surface area (Å²) < 4.78 is 47.1. The van der Waals surface area contributed by atoms with Crippen molar-refractivity contribution in [3.05, 3.63) is 0 Å². The molecule has 1 aliphatic heterocycles. The Labute approximate surface area is 105 Å². The molecule has 6 heteroatoms. The van der Waals surface area contributed by atoms with Gasteiger partial charge in [0.1, 0.15) is 0 Å². The molecule has 1 heterocycles. The Morgan fingerprint density at radius 2 is 1.72 bits per heavy atom. The first-order valence-corrected chi connectivity index (χ1v) is 6.57. The Balaban J connectivity index is 1.59. The zero-order chi connectivity index (χ0) is 13.1. The predicted molar refractivity (Wildman–Crippen MR) is 60.2 cm³/mol. The van der Waals surface area contributed by atoms with Gasteiger partial charge in [0.15, 0.2) is 5.79 Å². The summed E-state index contributed by atoms with van der Waals surface area (Å²) >= 11 is 0. The molecule has 1 spiro atoms. The molecular weight excluding hydrogens is 247 g/mol. The van der Waals surface area contributed by atoms with Gasteiger partial charge in [-0.25, -0.2) is 0 Å². The molecule has 0 aromatic carbocycles. The monoisotopic (exact) mass is 267 g/mol. The maximum Gasteiger partial charge on any atom is 0.389 e. The second-order valence-corrected chi connectivity index (χ2v) is 5.05. The molecule has 1 saturated carbocycles. The number of nitrogens with one attached hydrogen (secondary N) is 1. The van der Waals surface area contributed by atoms with Crippen molar-refractivity contribution in [2.75, 3.05) is 19.8 Å². The number of hydrogen-bond acceptors (Lipinski definition) is 3. The maximum atomic E-state index is 12.0. The van der Waals surface area contributed by atoms with Crippen LogP contribution in [0.25, 0.3) is 0 Å². The van der Waals surface area contributed by atoms with Crippen LogP contribution >= 0.6 is 0 Å². The van der Waals surface area contributed by atoms with Crippen molar-refractivity contribution in [2.24, 2.45) is 0 Å². The summed E-state index contributed by atoms with van der Waals surface area (Å²) in [7, 11) is 0. The minimum absolute atomic E-state index is 0.151. The molecule has 1 saturated heterocycles. The Hall–Kier alpha value is -0.330. The van der Waals surface area contributed by atoms with E-state index in [1.54, 1.807) is 0 Å². The van der Waals surface area contributed by atoms with Gasteiger partial charge >= 0.3 is 6.18 Å². The average Bonchev–Trinajstić information content (AvgIpc) is 2.75. The first kappa shape index (κ1) is 14.1. The van der Waals surface area contributed by atoms with E-state index in [-0.39, 0.29) is 12.2 Å². The minimum atomic E-state index is -4.04. The lowest BCUT2D eigenvalue weighted by Gasteiger charge is -2.35. The van der Waals surface area contributed by atoms with Crippen LogP contribution in [-0.4, -0.2) is 37.8 Å².